The monoisotopic (exact) mass is 644 g/mol. The van der Waals surface area contributed by atoms with Crippen LogP contribution in [0.3, 0.4) is 0 Å². The molecule has 0 unspecified atom stereocenters. The molecular weight excluding hydrogens is 608 g/mol. The van der Waals surface area contributed by atoms with Gasteiger partial charge in [0.05, 0.1) is 14.2 Å². The molecule has 0 aromatic carbocycles. The molecule has 232 valence electrons. The van der Waals surface area contributed by atoms with Crippen LogP contribution in [0, 0.1) is 27.7 Å². The van der Waals surface area contributed by atoms with E-state index >= 15 is 0 Å². The average Bonchev–Trinajstić information content (AvgIpc) is 3.67. The number of nitrogens with zero attached hydrogens (tertiary/aromatic N) is 4. The van der Waals surface area contributed by atoms with Gasteiger partial charge in [-0.05, 0) is 51.7 Å². The number of esters is 2. The Kier molecular flexibility index (Phi) is 10.2. The second kappa shape index (κ2) is 13.7. The normalized spacial score (nSPS) is 14.7. The second-order valence-corrected chi connectivity index (χ2v) is 11.0. The van der Waals surface area contributed by atoms with Crippen LogP contribution in [0.2, 0.25) is 0 Å². The number of hydrogen-bond donors (Lipinski definition) is 0. The number of ether oxygens (including phenoxy) is 2. The van der Waals surface area contributed by atoms with E-state index in [1.54, 1.807) is 0 Å². The summed E-state index contributed by atoms with van der Waals surface area (Å²) in [5, 5.41) is 3.02. The van der Waals surface area contributed by atoms with E-state index in [0.29, 0.717) is 23.9 Å². The Morgan fingerprint density at radius 2 is 1.09 bits per heavy atom. The van der Waals surface area contributed by atoms with Crippen LogP contribution in [0.15, 0.2) is 13.2 Å². The second-order valence-electron chi connectivity index (χ2n) is 11.0. The van der Waals surface area contributed by atoms with Crippen LogP contribution in [0.1, 0.15) is 80.1 Å². The smallest absolute Gasteiger partial charge is 0.657 e. The Bertz CT molecular complexity index is 2070. The first-order chi connectivity index (χ1) is 21.1. The molecule has 5 rings (SSSR count). The van der Waals surface area contributed by atoms with E-state index < -0.39 is 0 Å². The molecule has 9 heteroatoms. The summed E-state index contributed by atoms with van der Waals surface area (Å²) >= 11 is 0. The number of carbonyl (C=O) groups is 2. The molecule has 1 aliphatic rings. The Morgan fingerprint density at radius 3 is 1.71 bits per heavy atom. The SMILES string of the molecule is C=Cc1c2[n-]c(c1C)/C=c1\[n-]/c(c(CCC(=O)OC)c1C)=C\c1[n-]c(c(C)c1CCC(=O)OC)/C=c1\[n-]/c(c(C)c1C=C)=C\2.[Fe+4]. The van der Waals surface area contributed by atoms with E-state index in [-0.39, 0.29) is 41.8 Å². The van der Waals surface area contributed by atoms with Crippen molar-refractivity contribution < 1.29 is 36.1 Å². The van der Waals surface area contributed by atoms with Gasteiger partial charge in [0, 0.05) is 12.8 Å². The molecule has 0 atom stereocenters. The molecule has 0 N–H and O–H groups in total. The van der Waals surface area contributed by atoms with Crippen LogP contribution < -0.4 is 41.3 Å². The van der Waals surface area contributed by atoms with Gasteiger partial charge in [0.15, 0.2) is 0 Å². The zero-order valence-corrected chi connectivity index (χ0v) is 27.6. The molecule has 8 bridgehead atoms. The van der Waals surface area contributed by atoms with E-state index in [1.165, 1.54) is 14.2 Å². The molecule has 5 heterocycles. The van der Waals surface area contributed by atoms with Gasteiger partial charge in [0.2, 0.25) is 0 Å². The Balaban J connectivity index is 0.00000461. The van der Waals surface area contributed by atoms with Crippen molar-refractivity contribution in [1.82, 2.24) is 19.9 Å². The van der Waals surface area contributed by atoms with Gasteiger partial charge in [0.1, 0.15) is 0 Å². The summed E-state index contributed by atoms with van der Waals surface area (Å²) in [7, 11) is 2.78. The minimum atomic E-state index is -0.295. The summed E-state index contributed by atoms with van der Waals surface area (Å²) in [6, 6.07) is 0. The first-order valence-corrected chi connectivity index (χ1v) is 14.5. The molecule has 0 spiro atoms. The van der Waals surface area contributed by atoms with Gasteiger partial charge < -0.3 is 29.4 Å². The van der Waals surface area contributed by atoms with Gasteiger partial charge in [-0.1, -0.05) is 83.0 Å². The van der Waals surface area contributed by atoms with E-state index in [0.717, 1.165) is 77.6 Å². The molecular formula is C36H36FeN4O4. The topological polar surface area (TPSA) is 109 Å². The summed E-state index contributed by atoms with van der Waals surface area (Å²) in [6.07, 6.45) is 12.8. The van der Waals surface area contributed by atoms with E-state index in [4.69, 9.17) is 29.4 Å². The Labute approximate surface area is 273 Å². The maximum absolute atomic E-state index is 12.1. The number of methoxy groups -OCH3 is 2. The van der Waals surface area contributed by atoms with Crippen molar-refractivity contribution in [3.63, 3.8) is 0 Å². The third-order valence-corrected chi connectivity index (χ3v) is 8.50. The van der Waals surface area contributed by atoms with Crippen LogP contribution in [0.4, 0.5) is 0 Å². The molecule has 0 fully saturated rings. The average molecular weight is 645 g/mol. The number of fused-ring (bicyclic) bond motifs is 8. The van der Waals surface area contributed by atoms with Crippen LogP contribution >= 0.6 is 0 Å². The first-order valence-electron chi connectivity index (χ1n) is 14.5. The van der Waals surface area contributed by atoms with E-state index in [9.17, 15) is 9.59 Å². The molecule has 8 nitrogen and oxygen atoms in total. The molecule has 0 saturated carbocycles. The Morgan fingerprint density at radius 1 is 0.600 bits per heavy atom. The molecule has 0 aliphatic carbocycles. The molecule has 0 amide bonds. The van der Waals surface area contributed by atoms with E-state index in [1.807, 2.05) is 64.2 Å². The molecule has 1 aliphatic heterocycles. The van der Waals surface area contributed by atoms with Crippen molar-refractivity contribution >= 4 is 48.4 Å². The quantitative estimate of drug-likeness (QED) is 0.186. The van der Waals surface area contributed by atoms with Gasteiger partial charge in [-0.3, -0.25) is 9.59 Å². The number of rotatable bonds is 8. The van der Waals surface area contributed by atoms with Crippen molar-refractivity contribution in [3.8, 4) is 0 Å². The van der Waals surface area contributed by atoms with Crippen molar-refractivity contribution in [2.45, 2.75) is 53.4 Å². The van der Waals surface area contributed by atoms with Crippen molar-refractivity contribution in [2.24, 2.45) is 0 Å². The van der Waals surface area contributed by atoms with Crippen molar-refractivity contribution in [3.05, 3.63) is 102 Å². The fraction of sp³-hybridized carbons (Fsp3) is 0.278. The summed E-state index contributed by atoms with van der Waals surface area (Å²) in [5.74, 6) is -0.589. The van der Waals surface area contributed by atoms with Crippen LogP contribution in [-0.2, 0) is 49.0 Å². The first kappa shape index (κ1) is 33.4. The largest absolute Gasteiger partial charge is 4.00 e. The third-order valence-electron chi connectivity index (χ3n) is 8.50. The van der Waals surface area contributed by atoms with Crippen LogP contribution in [0.25, 0.3) is 36.5 Å². The van der Waals surface area contributed by atoms with Gasteiger partial charge in [0.25, 0.3) is 0 Å². The molecule has 4 aromatic heterocycles. The molecule has 0 radical (unpaired) electrons. The Hall–Kier alpha value is -4.46. The minimum Gasteiger partial charge on any atom is -0.657 e. The fourth-order valence-electron chi connectivity index (χ4n) is 5.81. The number of carbonyl (C=O) groups excluding carboxylic acids is 2. The van der Waals surface area contributed by atoms with Gasteiger partial charge in [-0.2, -0.15) is 0 Å². The minimum absolute atomic E-state index is 0. The molecule has 0 saturated heterocycles. The summed E-state index contributed by atoms with van der Waals surface area (Å²) in [4.78, 5) is 44.3. The van der Waals surface area contributed by atoms with Crippen LogP contribution in [0.5, 0.6) is 0 Å². The standard InChI is InChI=1S/C36H36N4O4.Fe/c1-9-23-19(3)27-15-28-21(5)25(11-13-35(41)43-7)33(39-28)18-34-26(12-14-36(42)44-8)22(6)30(40-34)17-32-24(10-2)20(4)29(38-32)16-31(23)37-27;/h9-10,15-18H,1-2,11-14H2,3-8H3;/q-4;+4/b27-15?,28-15-,29-16-,30-17?,31-16?,32-17-,33-18-,34-18?;. The summed E-state index contributed by atoms with van der Waals surface area (Å²) < 4.78 is 9.86. The van der Waals surface area contributed by atoms with Crippen LogP contribution in [-0.4, -0.2) is 26.2 Å². The fourth-order valence-corrected chi connectivity index (χ4v) is 5.81. The number of hydrogen-bond acceptors (Lipinski definition) is 4. The summed E-state index contributed by atoms with van der Waals surface area (Å²) in [5.41, 5.74) is 10.6. The van der Waals surface area contributed by atoms with Gasteiger partial charge in [-0.25, -0.2) is 0 Å². The zero-order valence-electron chi connectivity index (χ0n) is 26.5. The van der Waals surface area contributed by atoms with Gasteiger partial charge in [-0.15, -0.1) is 44.2 Å². The van der Waals surface area contributed by atoms with Crippen molar-refractivity contribution in [2.75, 3.05) is 14.2 Å². The van der Waals surface area contributed by atoms with Crippen molar-refractivity contribution in [1.29, 1.82) is 0 Å². The number of aromatic nitrogens is 4. The van der Waals surface area contributed by atoms with Gasteiger partial charge >= 0.3 is 29.0 Å². The maximum atomic E-state index is 12.1. The predicted octanol–water partition coefficient (Wildman–Crippen LogP) is 1.87. The summed E-state index contributed by atoms with van der Waals surface area (Å²) in [6.45, 7) is 16.2. The predicted molar refractivity (Wildman–Crippen MR) is 172 cm³/mol. The third kappa shape index (κ3) is 6.37. The zero-order chi connectivity index (χ0) is 31.7. The molecule has 45 heavy (non-hydrogen) atoms. The molecule has 4 aromatic rings. The van der Waals surface area contributed by atoms with E-state index in [2.05, 4.69) is 13.2 Å². The maximum Gasteiger partial charge on any atom is 4.00 e.